The average Bonchev–Trinajstić information content (AvgIpc) is 3.24. The zero-order valence-corrected chi connectivity index (χ0v) is 18.3. The maximum atomic E-state index is 10.8. The topological polar surface area (TPSA) is 92.7 Å². The molecule has 2 N–H and O–H groups in total. The van der Waals surface area contributed by atoms with E-state index in [0.717, 1.165) is 16.9 Å². The first-order valence-electron chi connectivity index (χ1n) is 8.97. The highest BCUT2D eigenvalue weighted by Gasteiger charge is 2.09. The van der Waals surface area contributed by atoms with Gasteiger partial charge in [-0.05, 0) is 30.2 Å². The molecule has 0 saturated heterocycles. The number of nitrogens with zero attached hydrogens (tertiary/aromatic N) is 2. The third kappa shape index (κ3) is 6.90. The number of benzene rings is 2. The molecule has 1 unspecified atom stereocenters. The molecule has 2 aromatic carbocycles. The highest BCUT2D eigenvalue weighted by molar-refractivity contribution is 14.0. The zero-order valence-electron chi connectivity index (χ0n) is 15.9. The van der Waals surface area contributed by atoms with Gasteiger partial charge >= 0.3 is 0 Å². The van der Waals surface area contributed by atoms with Crippen LogP contribution in [0.4, 0.5) is 5.69 Å². The van der Waals surface area contributed by atoms with Crippen LogP contribution < -0.4 is 10.6 Å². The second kappa shape index (κ2) is 11.2. The third-order valence-corrected chi connectivity index (χ3v) is 4.23. The standard InChI is InChI=1S/C21H22N4O3.HI/c1-16(18-6-3-2-4-7-18)24-21(23-15-20-8-5-13-28-20)22-14-17-9-11-19(12-10-17)25(26)27;/h2-13,16H,14-15H2,1H3,(H2,22,23,24);1H. The summed E-state index contributed by atoms with van der Waals surface area (Å²) in [5.41, 5.74) is 2.10. The fraction of sp³-hybridized carbons (Fsp3) is 0.190. The predicted octanol–water partition coefficient (Wildman–Crippen LogP) is 4.80. The van der Waals surface area contributed by atoms with Crippen LogP contribution in [-0.2, 0) is 13.1 Å². The summed E-state index contributed by atoms with van der Waals surface area (Å²) in [6.07, 6.45) is 1.63. The number of guanidine groups is 1. The van der Waals surface area contributed by atoms with Crippen molar-refractivity contribution in [1.82, 2.24) is 10.6 Å². The highest BCUT2D eigenvalue weighted by Crippen LogP contribution is 2.13. The van der Waals surface area contributed by atoms with Crippen LogP contribution in [0.25, 0.3) is 0 Å². The van der Waals surface area contributed by atoms with Gasteiger partial charge in [0.25, 0.3) is 5.69 Å². The predicted molar refractivity (Wildman–Crippen MR) is 123 cm³/mol. The van der Waals surface area contributed by atoms with E-state index in [1.807, 2.05) is 30.3 Å². The van der Waals surface area contributed by atoms with Crippen LogP contribution in [-0.4, -0.2) is 10.9 Å². The first-order chi connectivity index (χ1) is 13.6. The van der Waals surface area contributed by atoms with Gasteiger partial charge in [0.2, 0.25) is 0 Å². The number of non-ortho nitro benzene ring substituents is 1. The number of hydrogen-bond acceptors (Lipinski definition) is 4. The molecule has 7 nitrogen and oxygen atoms in total. The molecule has 1 aromatic heterocycles. The number of furan rings is 1. The normalized spacial score (nSPS) is 12.0. The number of hydrogen-bond donors (Lipinski definition) is 2. The molecule has 0 spiro atoms. The summed E-state index contributed by atoms with van der Waals surface area (Å²) in [5.74, 6) is 1.43. The Bertz CT molecular complexity index is 913. The van der Waals surface area contributed by atoms with Gasteiger partial charge in [-0.1, -0.05) is 42.5 Å². The smallest absolute Gasteiger partial charge is 0.269 e. The van der Waals surface area contributed by atoms with Gasteiger partial charge in [-0.15, -0.1) is 24.0 Å². The van der Waals surface area contributed by atoms with Crippen molar-refractivity contribution in [3.63, 3.8) is 0 Å². The molecule has 1 heterocycles. The maximum absolute atomic E-state index is 10.8. The summed E-state index contributed by atoms with van der Waals surface area (Å²) < 4.78 is 5.36. The number of halogens is 1. The monoisotopic (exact) mass is 506 g/mol. The molecule has 29 heavy (non-hydrogen) atoms. The van der Waals surface area contributed by atoms with Gasteiger partial charge in [-0.25, -0.2) is 4.99 Å². The van der Waals surface area contributed by atoms with Crippen molar-refractivity contribution in [3.8, 4) is 0 Å². The number of nitro groups is 1. The van der Waals surface area contributed by atoms with Gasteiger partial charge in [-0.3, -0.25) is 10.1 Å². The Hall–Kier alpha value is -2.88. The molecule has 3 aromatic rings. The molecule has 0 radical (unpaired) electrons. The van der Waals surface area contributed by atoms with E-state index in [-0.39, 0.29) is 35.7 Å². The number of nitrogens with one attached hydrogen (secondary N) is 2. The van der Waals surface area contributed by atoms with Crippen LogP contribution in [0.5, 0.6) is 0 Å². The summed E-state index contributed by atoms with van der Waals surface area (Å²) in [4.78, 5) is 15.0. The Kier molecular flexibility index (Phi) is 8.66. The molecule has 8 heteroatoms. The van der Waals surface area contributed by atoms with E-state index < -0.39 is 4.92 Å². The van der Waals surface area contributed by atoms with E-state index in [1.165, 1.54) is 12.1 Å². The van der Waals surface area contributed by atoms with Crippen molar-refractivity contribution in [3.05, 3.63) is 100.0 Å². The molecule has 3 rings (SSSR count). The molecular formula is C21H23IN4O3. The zero-order chi connectivity index (χ0) is 19.8. The summed E-state index contributed by atoms with van der Waals surface area (Å²) in [7, 11) is 0. The number of nitro benzene ring substituents is 1. The summed E-state index contributed by atoms with van der Waals surface area (Å²) in [6.45, 7) is 2.96. The first-order valence-corrected chi connectivity index (χ1v) is 8.97. The van der Waals surface area contributed by atoms with Crippen LogP contribution >= 0.6 is 24.0 Å². The SMILES string of the molecule is CC(NC(=NCc1ccc([N+](=O)[O-])cc1)NCc1ccco1)c1ccccc1.I. The first kappa shape index (κ1) is 22.4. The molecule has 0 bridgehead atoms. The molecule has 0 saturated carbocycles. The van der Waals surface area contributed by atoms with Crippen molar-refractivity contribution >= 4 is 35.6 Å². The van der Waals surface area contributed by atoms with E-state index in [1.54, 1.807) is 18.4 Å². The molecule has 0 fully saturated rings. The average molecular weight is 506 g/mol. The Morgan fingerprint density at radius 3 is 2.45 bits per heavy atom. The lowest BCUT2D eigenvalue weighted by Crippen LogP contribution is -2.38. The van der Waals surface area contributed by atoms with Gasteiger partial charge in [0, 0.05) is 12.1 Å². The molecule has 0 aliphatic heterocycles. The third-order valence-electron chi connectivity index (χ3n) is 4.23. The van der Waals surface area contributed by atoms with Gasteiger partial charge in [0.1, 0.15) is 5.76 Å². The van der Waals surface area contributed by atoms with Crippen LogP contribution in [0.15, 0.2) is 82.4 Å². The minimum absolute atomic E-state index is 0. The minimum atomic E-state index is -0.410. The Balaban J connectivity index is 0.00000300. The van der Waals surface area contributed by atoms with E-state index >= 15 is 0 Å². The number of aliphatic imine (C=N–C) groups is 1. The van der Waals surface area contributed by atoms with Gasteiger partial charge in [-0.2, -0.15) is 0 Å². The molecule has 1 atom stereocenters. The van der Waals surface area contributed by atoms with Crippen molar-refractivity contribution < 1.29 is 9.34 Å². The largest absolute Gasteiger partial charge is 0.467 e. The van der Waals surface area contributed by atoms with Crippen LogP contribution in [0, 0.1) is 10.1 Å². The fourth-order valence-electron chi connectivity index (χ4n) is 2.66. The van der Waals surface area contributed by atoms with Crippen molar-refractivity contribution in [2.24, 2.45) is 4.99 Å². The van der Waals surface area contributed by atoms with E-state index in [4.69, 9.17) is 4.42 Å². The van der Waals surface area contributed by atoms with Gasteiger partial charge in [0.05, 0.1) is 30.3 Å². The van der Waals surface area contributed by atoms with Crippen LogP contribution in [0.2, 0.25) is 0 Å². The lowest BCUT2D eigenvalue weighted by atomic mass is 10.1. The Morgan fingerprint density at radius 1 is 1.10 bits per heavy atom. The van der Waals surface area contributed by atoms with Crippen molar-refractivity contribution in [2.75, 3.05) is 0 Å². The van der Waals surface area contributed by atoms with E-state index in [9.17, 15) is 10.1 Å². The highest BCUT2D eigenvalue weighted by atomic mass is 127. The lowest BCUT2D eigenvalue weighted by Gasteiger charge is -2.18. The fourth-order valence-corrected chi connectivity index (χ4v) is 2.66. The molecule has 152 valence electrons. The molecule has 0 amide bonds. The van der Waals surface area contributed by atoms with Crippen molar-refractivity contribution in [2.45, 2.75) is 26.1 Å². The van der Waals surface area contributed by atoms with Gasteiger partial charge < -0.3 is 15.1 Å². The van der Waals surface area contributed by atoms with Crippen molar-refractivity contribution in [1.29, 1.82) is 0 Å². The van der Waals surface area contributed by atoms with E-state index in [0.29, 0.717) is 19.0 Å². The molecule has 0 aliphatic rings. The summed E-state index contributed by atoms with van der Waals surface area (Å²) in [6, 6.07) is 20.3. The Labute approximate surface area is 186 Å². The molecular weight excluding hydrogens is 483 g/mol. The van der Waals surface area contributed by atoms with Crippen LogP contribution in [0.3, 0.4) is 0 Å². The van der Waals surface area contributed by atoms with Crippen LogP contribution in [0.1, 0.15) is 29.9 Å². The Morgan fingerprint density at radius 2 is 1.83 bits per heavy atom. The minimum Gasteiger partial charge on any atom is -0.467 e. The second-order valence-corrected chi connectivity index (χ2v) is 6.30. The second-order valence-electron chi connectivity index (χ2n) is 6.30. The summed E-state index contributed by atoms with van der Waals surface area (Å²) in [5, 5.41) is 17.4. The lowest BCUT2D eigenvalue weighted by molar-refractivity contribution is -0.384. The van der Waals surface area contributed by atoms with E-state index in [2.05, 4.69) is 34.7 Å². The summed E-state index contributed by atoms with van der Waals surface area (Å²) >= 11 is 0. The number of rotatable bonds is 7. The van der Waals surface area contributed by atoms with Gasteiger partial charge in [0.15, 0.2) is 5.96 Å². The quantitative estimate of drug-likeness (QED) is 0.158. The molecule has 0 aliphatic carbocycles. The maximum Gasteiger partial charge on any atom is 0.269 e.